The molecule has 1 aliphatic heterocycles. The minimum atomic E-state index is -1.27. The Morgan fingerprint density at radius 2 is 1.80 bits per heavy atom. The Morgan fingerprint density at radius 1 is 1.20 bits per heavy atom. The molecule has 0 bridgehead atoms. The van der Waals surface area contributed by atoms with Crippen molar-refractivity contribution in [1.82, 2.24) is 5.06 Å². The minimum Gasteiger partial charge on any atom is -0.425 e. The molecule has 0 aromatic rings. The maximum atomic E-state index is 11.3. The van der Waals surface area contributed by atoms with Gasteiger partial charge in [0.1, 0.15) is 0 Å². The highest BCUT2D eigenvalue weighted by Crippen LogP contribution is 2.13. The van der Waals surface area contributed by atoms with Crippen LogP contribution in [0.25, 0.3) is 0 Å². The van der Waals surface area contributed by atoms with E-state index in [4.69, 9.17) is 4.74 Å². The van der Waals surface area contributed by atoms with Gasteiger partial charge < -0.3 is 9.47 Å². The number of unbranched alkanes of at least 4 members (excludes halogenated alkanes) is 1. The van der Waals surface area contributed by atoms with E-state index in [9.17, 15) is 19.2 Å². The molecule has 1 rings (SSSR count). The zero-order valence-electron chi connectivity index (χ0n) is 11.4. The Bertz CT molecular complexity index is 391. The molecular formula is C12H17NO7. The lowest BCUT2D eigenvalue weighted by Gasteiger charge is -2.16. The van der Waals surface area contributed by atoms with Crippen molar-refractivity contribution in [2.24, 2.45) is 0 Å². The van der Waals surface area contributed by atoms with Crippen molar-refractivity contribution in [3.05, 3.63) is 0 Å². The number of hydrogen-bond acceptors (Lipinski definition) is 7. The van der Waals surface area contributed by atoms with Gasteiger partial charge in [0, 0.05) is 26.2 Å². The van der Waals surface area contributed by atoms with Crippen LogP contribution in [0.15, 0.2) is 0 Å². The van der Waals surface area contributed by atoms with E-state index in [1.54, 1.807) is 0 Å². The topological polar surface area (TPSA) is 99.2 Å². The Kier molecular flexibility index (Phi) is 5.95. The van der Waals surface area contributed by atoms with Gasteiger partial charge in [0.2, 0.25) is 6.29 Å². The smallest absolute Gasteiger partial charge is 0.425 e. The number of rotatable bonds is 6. The first-order chi connectivity index (χ1) is 9.43. The fraction of sp³-hybridized carbons (Fsp3) is 0.667. The maximum Gasteiger partial charge on any atom is 0.537 e. The summed E-state index contributed by atoms with van der Waals surface area (Å²) in [5.41, 5.74) is 0. The first-order valence-corrected chi connectivity index (χ1v) is 6.38. The Balaban J connectivity index is 2.32. The zero-order chi connectivity index (χ0) is 15.1. The number of nitrogens with zero attached hydrogens (tertiary/aromatic N) is 1. The summed E-state index contributed by atoms with van der Waals surface area (Å²) in [7, 11) is 0. The van der Waals surface area contributed by atoms with E-state index in [0.717, 1.165) is 6.42 Å². The molecule has 0 spiro atoms. The lowest BCUT2D eigenvalue weighted by atomic mass is 10.2. The van der Waals surface area contributed by atoms with Crippen LogP contribution in [0.3, 0.4) is 0 Å². The third kappa shape index (κ3) is 4.87. The van der Waals surface area contributed by atoms with E-state index in [1.807, 2.05) is 6.92 Å². The molecule has 1 atom stereocenters. The first-order valence-electron chi connectivity index (χ1n) is 6.38. The van der Waals surface area contributed by atoms with Crippen molar-refractivity contribution >= 4 is 23.9 Å². The standard InChI is InChI=1S/C12H17NO7/c1-3-4-5-11(16)18-8(2)19-12(17)20-13-9(14)6-7-10(13)15/h8H,3-7H2,1-2H3. The Hall–Kier alpha value is -2.12. The molecule has 2 amide bonds. The predicted molar refractivity (Wildman–Crippen MR) is 63.7 cm³/mol. The number of hydroxylamine groups is 2. The Labute approximate surface area is 115 Å². The molecule has 0 aromatic carbocycles. The third-order valence-corrected chi connectivity index (χ3v) is 2.47. The molecule has 0 saturated carbocycles. The molecule has 1 saturated heterocycles. The van der Waals surface area contributed by atoms with Crippen LogP contribution in [0, 0.1) is 0 Å². The SMILES string of the molecule is CCCCC(=O)OC(C)OC(=O)ON1C(=O)CCC1=O. The fourth-order valence-corrected chi connectivity index (χ4v) is 1.48. The van der Waals surface area contributed by atoms with Crippen molar-refractivity contribution in [2.75, 3.05) is 0 Å². The number of hydrogen-bond donors (Lipinski definition) is 0. The summed E-state index contributed by atoms with van der Waals surface area (Å²) in [6.07, 6.45) is -0.703. The highest BCUT2D eigenvalue weighted by Gasteiger charge is 2.33. The summed E-state index contributed by atoms with van der Waals surface area (Å²) < 4.78 is 9.40. The lowest BCUT2D eigenvalue weighted by molar-refractivity contribution is -0.191. The van der Waals surface area contributed by atoms with Crippen LogP contribution in [0.2, 0.25) is 0 Å². The van der Waals surface area contributed by atoms with E-state index in [2.05, 4.69) is 9.57 Å². The highest BCUT2D eigenvalue weighted by molar-refractivity contribution is 6.01. The second-order valence-corrected chi connectivity index (χ2v) is 4.20. The largest absolute Gasteiger partial charge is 0.537 e. The van der Waals surface area contributed by atoms with E-state index in [-0.39, 0.29) is 19.3 Å². The van der Waals surface area contributed by atoms with Crippen molar-refractivity contribution in [2.45, 2.75) is 52.2 Å². The second-order valence-electron chi connectivity index (χ2n) is 4.20. The number of esters is 1. The highest BCUT2D eigenvalue weighted by atomic mass is 16.9. The van der Waals surface area contributed by atoms with Crippen LogP contribution in [0.1, 0.15) is 46.0 Å². The number of imide groups is 1. The van der Waals surface area contributed by atoms with Crippen LogP contribution in [0.4, 0.5) is 4.79 Å². The van der Waals surface area contributed by atoms with Gasteiger partial charge in [-0.25, -0.2) is 4.79 Å². The monoisotopic (exact) mass is 287 g/mol. The molecular weight excluding hydrogens is 270 g/mol. The molecule has 0 aliphatic carbocycles. The van der Waals surface area contributed by atoms with Gasteiger partial charge in [0.05, 0.1) is 0 Å². The number of ether oxygens (including phenoxy) is 2. The lowest BCUT2D eigenvalue weighted by Crippen LogP contribution is -2.34. The van der Waals surface area contributed by atoms with Gasteiger partial charge >= 0.3 is 12.1 Å². The van der Waals surface area contributed by atoms with Gasteiger partial charge in [-0.05, 0) is 6.42 Å². The second kappa shape index (κ2) is 7.46. The van der Waals surface area contributed by atoms with Gasteiger partial charge in [-0.1, -0.05) is 18.4 Å². The van der Waals surface area contributed by atoms with Crippen molar-refractivity contribution in [3.8, 4) is 0 Å². The summed E-state index contributed by atoms with van der Waals surface area (Å²) in [4.78, 5) is 49.4. The number of carbonyl (C=O) groups is 4. The van der Waals surface area contributed by atoms with Crippen molar-refractivity contribution in [1.29, 1.82) is 0 Å². The summed E-state index contributed by atoms with van der Waals surface area (Å²) in [5.74, 6) is -1.72. The molecule has 0 radical (unpaired) electrons. The molecule has 8 heteroatoms. The van der Waals surface area contributed by atoms with Gasteiger partial charge in [-0.3, -0.25) is 19.2 Å². The average molecular weight is 287 g/mol. The predicted octanol–water partition coefficient (Wildman–Crippen LogP) is 1.28. The van der Waals surface area contributed by atoms with E-state index < -0.39 is 30.2 Å². The van der Waals surface area contributed by atoms with Crippen molar-refractivity contribution < 1.29 is 33.5 Å². The third-order valence-electron chi connectivity index (χ3n) is 2.47. The van der Waals surface area contributed by atoms with Gasteiger partial charge in [0.15, 0.2) is 0 Å². The summed E-state index contributed by atoms with van der Waals surface area (Å²) in [5, 5.41) is 0.355. The van der Waals surface area contributed by atoms with Crippen LogP contribution >= 0.6 is 0 Å². The van der Waals surface area contributed by atoms with E-state index >= 15 is 0 Å². The maximum absolute atomic E-state index is 11.3. The zero-order valence-corrected chi connectivity index (χ0v) is 11.4. The van der Waals surface area contributed by atoms with Crippen LogP contribution in [-0.2, 0) is 28.7 Å². The molecule has 1 heterocycles. The quantitative estimate of drug-likeness (QED) is 0.412. The van der Waals surface area contributed by atoms with Crippen LogP contribution < -0.4 is 0 Å². The average Bonchev–Trinajstić information content (AvgIpc) is 2.67. The van der Waals surface area contributed by atoms with Crippen LogP contribution in [-0.4, -0.2) is 35.3 Å². The molecule has 20 heavy (non-hydrogen) atoms. The molecule has 1 fully saturated rings. The molecule has 0 N–H and O–H groups in total. The van der Waals surface area contributed by atoms with E-state index in [1.165, 1.54) is 6.92 Å². The Morgan fingerprint density at radius 3 is 2.35 bits per heavy atom. The molecule has 1 unspecified atom stereocenters. The summed E-state index contributed by atoms with van der Waals surface area (Å²) >= 11 is 0. The van der Waals surface area contributed by atoms with E-state index in [0.29, 0.717) is 11.5 Å². The normalized spacial score (nSPS) is 16.0. The summed E-state index contributed by atoms with van der Waals surface area (Å²) in [6.45, 7) is 3.26. The van der Waals surface area contributed by atoms with Gasteiger partial charge in [0.25, 0.3) is 11.8 Å². The minimum absolute atomic E-state index is 0.00628. The number of amides is 2. The molecule has 8 nitrogen and oxygen atoms in total. The summed E-state index contributed by atoms with van der Waals surface area (Å²) in [6, 6.07) is 0. The number of carbonyl (C=O) groups excluding carboxylic acids is 4. The molecule has 0 aromatic heterocycles. The fourth-order valence-electron chi connectivity index (χ4n) is 1.48. The van der Waals surface area contributed by atoms with Crippen LogP contribution in [0.5, 0.6) is 0 Å². The van der Waals surface area contributed by atoms with Crippen molar-refractivity contribution in [3.63, 3.8) is 0 Å². The van der Waals surface area contributed by atoms with Gasteiger partial charge in [-0.15, -0.1) is 0 Å². The first kappa shape index (κ1) is 15.9. The molecule has 112 valence electrons. The molecule has 1 aliphatic rings. The van der Waals surface area contributed by atoms with Gasteiger partial charge in [-0.2, -0.15) is 0 Å².